The number of hydrogen-bond donors (Lipinski definition) is 3. The number of ether oxygens (including phenoxy) is 2. The number of piperazine rings is 1. The van der Waals surface area contributed by atoms with E-state index >= 15 is 0 Å². The van der Waals surface area contributed by atoms with Gasteiger partial charge in [-0.3, -0.25) is 5.32 Å². The van der Waals surface area contributed by atoms with Gasteiger partial charge in [0, 0.05) is 19.6 Å². The van der Waals surface area contributed by atoms with Gasteiger partial charge in [-0.1, -0.05) is 0 Å². The molecule has 1 fully saturated rings. The largest absolute Gasteiger partial charge is 0.486 e. The van der Waals surface area contributed by atoms with Crippen molar-refractivity contribution in [3.05, 3.63) is 12.1 Å². The standard InChI is InChI=1S/C12H18N4O2/c13-8-1-2-9-12(18-6-5-17-9)11(8)16-4-3-15-10(14)7-16/h1-2,10,15H,3-7,13-14H2. The molecule has 0 spiro atoms. The van der Waals surface area contributed by atoms with Crippen LogP contribution in [0.1, 0.15) is 0 Å². The van der Waals surface area contributed by atoms with E-state index in [1.807, 2.05) is 12.1 Å². The van der Waals surface area contributed by atoms with Gasteiger partial charge in [-0.25, -0.2) is 0 Å². The summed E-state index contributed by atoms with van der Waals surface area (Å²) in [5.41, 5.74) is 13.6. The predicted molar refractivity (Wildman–Crippen MR) is 70.0 cm³/mol. The van der Waals surface area contributed by atoms with Gasteiger partial charge in [-0.05, 0) is 12.1 Å². The van der Waals surface area contributed by atoms with Gasteiger partial charge in [-0.15, -0.1) is 0 Å². The molecule has 0 bridgehead atoms. The van der Waals surface area contributed by atoms with Crippen LogP contribution >= 0.6 is 0 Å². The molecule has 98 valence electrons. The van der Waals surface area contributed by atoms with Crippen molar-refractivity contribution in [3.8, 4) is 11.5 Å². The van der Waals surface area contributed by atoms with Crippen molar-refractivity contribution in [1.29, 1.82) is 0 Å². The third-order valence-electron chi connectivity index (χ3n) is 3.24. The molecule has 0 saturated carbocycles. The van der Waals surface area contributed by atoms with Crippen molar-refractivity contribution >= 4 is 11.4 Å². The highest BCUT2D eigenvalue weighted by Crippen LogP contribution is 2.43. The first-order valence-electron chi connectivity index (χ1n) is 6.17. The van der Waals surface area contributed by atoms with Gasteiger partial charge in [0.05, 0.1) is 11.9 Å². The van der Waals surface area contributed by atoms with Gasteiger partial charge in [0.15, 0.2) is 11.5 Å². The molecular formula is C12H18N4O2. The average molecular weight is 250 g/mol. The zero-order valence-corrected chi connectivity index (χ0v) is 10.2. The van der Waals surface area contributed by atoms with Gasteiger partial charge >= 0.3 is 0 Å². The molecule has 1 unspecified atom stereocenters. The number of rotatable bonds is 1. The predicted octanol–water partition coefficient (Wildman–Crippen LogP) is -0.266. The lowest BCUT2D eigenvalue weighted by Crippen LogP contribution is -2.55. The lowest BCUT2D eigenvalue weighted by Gasteiger charge is -2.36. The minimum Gasteiger partial charge on any atom is -0.486 e. The molecule has 6 heteroatoms. The van der Waals surface area contributed by atoms with E-state index in [9.17, 15) is 0 Å². The van der Waals surface area contributed by atoms with Gasteiger partial charge in [-0.2, -0.15) is 0 Å². The van der Waals surface area contributed by atoms with Crippen LogP contribution in [-0.2, 0) is 0 Å². The van der Waals surface area contributed by atoms with Crippen LogP contribution < -0.4 is 31.2 Å². The fourth-order valence-electron chi connectivity index (χ4n) is 2.42. The summed E-state index contributed by atoms with van der Waals surface area (Å²) in [7, 11) is 0. The number of nitrogen functional groups attached to an aromatic ring is 1. The number of hydrogen-bond acceptors (Lipinski definition) is 6. The monoisotopic (exact) mass is 250 g/mol. The summed E-state index contributed by atoms with van der Waals surface area (Å²) >= 11 is 0. The molecule has 1 aromatic carbocycles. The topological polar surface area (TPSA) is 85.8 Å². The minimum absolute atomic E-state index is 0.0430. The SMILES string of the molecule is Nc1ccc2c(c1N1CCNC(N)C1)OCCO2. The lowest BCUT2D eigenvalue weighted by atomic mass is 10.1. The summed E-state index contributed by atoms with van der Waals surface area (Å²) in [6, 6.07) is 3.71. The van der Waals surface area contributed by atoms with Crippen molar-refractivity contribution in [2.75, 3.05) is 43.5 Å². The number of nitrogens with zero attached hydrogens (tertiary/aromatic N) is 1. The Bertz CT molecular complexity index is 452. The molecule has 6 nitrogen and oxygen atoms in total. The van der Waals surface area contributed by atoms with Gasteiger partial charge in [0.25, 0.3) is 0 Å². The molecule has 2 heterocycles. The first-order valence-corrected chi connectivity index (χ1v) is 6.17. The van der Waals surface area contributed by atoms with E-state index in [0.29, 0.717) is 25.4 Å². The van der Waals surface area contributed by atoms with Gasteiger partial charge < -0.3 is 25.8 Å². The summed E-state index contributed by atoms with van der Waals surface area (Å²) in [4.78, 5) is 2.16. The average Bonchev–Trinajstić information content (AvgIpc) is 2.38. The van der Waals surface area contributed by atoms with Crippen LogP contribution in [0.2, 0.25) is 0 Å². The van der Waals surface area contributed by atoms with Crippen molar-refractivity contribution in [1.82, 2.24) is 5.32 Å². The Balaban J connectivity index is 1.99. The van der Waals surface area contributed by atoms with Crippen LogP contribution in [0, 0.1) is 0 Å². The van der Waals surface area contributed by atoms with E-state index in [0.717, 1.165) is 30.3 Å². The zero-order valence-electron chi connectivity index (χ0n) is 10.2. The van der Waals surface area contributed by atoms with Crippen molar-refractivity contribution in [3.63, 3.8) is 0 Å². The van der Waals surface area contributed by atoms with Crippen molar-refractivity contribution in [2.45, 2.75) is 6.17 Å². The second-order valence-corrected chi connectivity index (χ2v) is 4.53. The first kappa shape index (κ1) is 11.4. The molecule has 1 saturated heterocycles. The molecule has 1 aromatic rings. The molecule has 3 rings (SSSR count). The molecule has 0 radical (unpaired) electrons. The summed E-state index contributed by atoms with van der Waals surface area (Å²) in [5.74, 6) is 1.51. The maximum absolute atomic E-state index is 6.08. The van der Waals surface area contributed by atoms with E-state index in [4.69, 9.17) is 20.9 Å². The smallest absolute Gasteiger partial charge is 0.186 e. The molecule has 1 atom stereocenters. The van der Waals surface area contributed by atoms with Crippen LogP contribution in [0.15, 0.2) is 12.1 Å². The second-order valence-electron chi connectivity index (χ2n) is 4.53. The number of benzene rings is 1. The lowest BCUT2D eigenvalue weighted by molar-refractivity contribution is 0.172. The number of fused-ring (bicyclic) bond motifs is 1. The van der Waals surface area contributed by atoms with E-state index in [1.54, 1.807) is 0 Å². The van der Waals surface area contributed by atoms with Crippen LogP contribution in [0.4, 0.5) is 11.4 Å². The van der Waals surface area contributed by atoms with E-state index in [1.165, 1.54) is 0 Å². The van der Waals surface area contributed by atoms with E-state index < -0.39 is 0 Å². The quantitative estimate of drug-likeness (QED) is 0.595. The fourth-order valence-corrected chi connectivity index (χ4v) is 2.42. The Morgan fingerprint density at radius 1 is 1.28 bits per heavy atom. The molecule has 0 aromatic heterocycles. The highest BCUT2D eigenvalue weighted by atomic mass is 16.6. The number of nitrogens with two attached hydrogens (primary N) is 2. The summed E-state index contributed by atoms with van der Waals surface area (Å²) in [5, 5.41) is 3.20. The Morgan fingerprint density at radius 2 is 2.11 bits per heavy atom. The summed E-state index contributed by atoms with van der Waals surface area (Å²) < 4.78 is 11.3. The Morgan fingerprint density at radius 3 is 2.94 bits per heavy atom. The third kappa shape index (κ3) is 1.93. The Kier molecular flexibility index (Phi) is 2.89. The normalized spacial score (nSPS) is 22.9. The van der Waals surface area contributed by atoms with E-state index in [2.05, 4.69) is 10.2 Å². The Hall–Kier alpha value is -1.66. The first-order chi connectivity index (χ1) is 8.75. The fraction of sp³-hybridized carbons (Fsp3) is 0.500. The van der Waals surface area contributed by atoms with Crippen molar-refractivity contribution in [2.24, 2.45) is 5.73 Å². The third-order valence-corrected chi connectivity index (χ3v) is 3.24. The van der Waals surface area contributed by atoms with E-state index in [-0.39, 0.29) is 6.17 Å². The van der Waals surface area contributed by atoms with Gasteiger partial charge in [0.1, 0.15) is 18.9 Å². The molecule has 0 amide bonds. The number of anilines is 2. The van der Waals surface area contributed by atoms with Crippen LogP contribution in [0.3, 0.4) is 0 Å². The van der Waals surface area contributed by atoms with Crippen LogP contribution in [0.5, 0.6) is 11.5 Å². The number of nitrogens with one attached hydrogen (secondary N) is 1. The zero-order chi connectivity index (χ0) is 12.5. The molecule has 2 aliphatic heterocycles. The van der Waals surface area contributed by atoms with Crippen LogP contribution in [-0.4, -0.2) is 39.0 Å². The minimum atomic E-state index is -0.0430. The summed E-state index contributed by atoms with van der Waals surface area (Å²) in [6.45, 7) is 3.55. The molecule has 2 aliphatic rings. The molecule has 5 N–H and O–H groups in total. The second kappa shape index (κ2) is 4.55. The van der Waals surface area contributed by atoms with Gasteiger partial charge in [0.2, 0.25) is 0 Å². The highest BCUT2D eigenvalue weighted by Gasteiger charge is 2.25. The maximum atomic E-state index is 6.08. The molecular weight excluding hydrogens is 232 g/mol. The highest BCUT2D eigenvalue weighted by molar-refractivity contribution is 5.79. The molecule has 0 aliphatic carbocycles. The Labute approximate surface area is 106 Å². The van der Waals surface area contributed by atoms with Crippen molar-refractivity contribution < 1.29 is 9.47 Å². The summed E-state index contributed by atoms with van der Waals surface area (Å²) in [6.07, 6.45) is -0.0430. The molecule has 18 heavy (non-hydrogen) atoms. The maximum Gasteiger partial charge on any atom is 0.186 e. The van der Waals surface area contributed by atoms with Crippen LogP contribution in [0.25, 0.3) is 0 Å².